The van der Waals surface area contributed by atoms with Crippen molar-refractivity contribution in [2.75, 3.05) is 33.0 Å². The molecule has 1 rings (SSSR count). The fraction of sp³-hybridized carbons (Fsp3) is 0.917. The summed E-state index contributed by atoms with van der Waals surface area (Å²) in [6.07, 6.45) is 2.93. The van der Waals surface area contributed by atoms with Crippen molar-refractivity contribution < 1.29 is 9.47 Å². The second-order valence-electron chi connectivity index (χ2n) is 4.23. The van der Waals surface area contributed by atoms with Crippen molar-refractivity contribution in [1.29, 1.82) is 5.26 Å². The molecular formula is C12H22N2O2. The van der Waals surface area contributed by atoms with Crippen molar-refractivity contribution in [2.24, 2.45) is 5.92 Å². The third kappa shape index (κ3) is 5.45. The number of hydrogen-bond acceptors (Lipinski definition) is 4. The Labute approximate surface area is 97.9 Å². The molecule has 1 aliphatic rings. The Kier molecular flexibility index (Phi) is 7.15. The van der Waals surface area contributed by atoms with Crippen LogP contribution in [-0.2, 0) is 9.47 Å². The SMILES string of the molecule is CCCNC(C#N)CCOCC1CCOC1. The van der Waals surface area contributed by atoms with Crippen LogP contribution in [0, 0.1) is 17.2 Å². The van der Waals surface area contributed by atoms with Crippen LogP contribution in [0.5, 0.6) is 0 Å². The molecule has 2 atom stereocenters. The van der Waals surface area contributed by atoms with E-state index in [1.54, 1.807) is 0 Å². The van der Waals surface area contributed by atoms with Gasteiger partial charge < -0.3 is 14.8 Å². The Balaban J connectivity index is 1.97. The molecule has 92 valence electrons. The van der Waals surface area contributed by atoms with Gasteiger partial charge in [-0.25, -0.2) is 0 Å². The summed E-state index contributed by atoms with van der Waals surface area (Å²) in [6.45, 7) is 6.12. The largest absolute Gasteiger partial charge is 0.381 e. The summed E-state index contributed by atoms with van der Waals surface area (Å²) < 4.78 is 10.8. The maximum Gasteiger partial charge on any atom is 0.0975 e. The van der Waals surface area contributed by atoms with Gasteiger partial charge in [0.15, 0.2) is 0 Å². The second kappa shape index (κ2) is 8.51. The molecule has 1 fully saturated rings. The van der Waals surface area contributed by atoms with E-state index in [1.807, 2.05) is 0 Å². The van der Waals surface area contributed by atoms with E-state index in [1.165, 1.54) is 0 Å². The summed E-state index contributed by atoms with van der Waals surface area (Å²) in [5, 5.41) is 12.1. The minimum atomic E-state index is -0.0696. The normalized spacial score (nSPS) is 21.9. The van der Waals surface area contributed by atoms with Gasteiger partial charge >= 0.3 is 0 Å². The van der Waals surface area contributed by atoms with Crippen LogP contribution in [0.4, 0.5) is 0 Å². The van der Waals surface area contributed by atoms with Gasteiger partial charge in [0.25, 0.3) is 0 Å². The van der Waals surface area contributed by atoms with Gasteiger partial charge in [0.05, 0.1) is 25.3 Å². The summed E-state index contributed by atoms with van der Waals surface area (Å²) in [6, 6.07) is 2.18. The van der Waals surface area contributed by atoms with Gasteiger partial charge in [0, 0.05) is 19.1 Å². The first kappa shape index (κ1) is 13.4. The number of nitriles is 1. The summed E-state index contributed by atoms with van der Waals surface area (Å²) in [5.74, 6) is 0.559. The molecule has 0 radical (unpaired) electrons. The standard InChI is InChI=1S/C12H22N2O2/c1-2-5-14-12(8-13)4-7-16-10-11-3-6-15-9-11/h11-12,14H,2-7,9-10H2,1H3. The van der Waals surface area contributed by atoms with Gasteiger partial charge in [-0.1, -0.05) is 6.92 Å². The van der Waals surface area contributed by atoms with E-state index in [4.69, 9.17) is 14.7 Å². The molecule has 0 aromatic rings. The van der Waals surface area contributed by atoms with Crippen molar-refractivity contribution >= 4 is 0 Å². The topological polar surface area (TPSA) is 54.3 Å². The lowest BCUT2D eigenvalue weighted by molar-refractivity contribution is 0.0859. The van der Waals surface area contributed by atoms with E-state index in [0.717, 1.165) is 45.6 Å². The summed E-state index contributed by atoms with van der Waals surface area (Å²) in [7, 11) is 0. The van der Waals surface area contributed by atoms with Gasteiger partial charge in [-0.3, -0.25) is 0 Å². The van der Waals surface area contributed by atoms with Crippen molar-refractivity contribution in [3.8, 4) is 6.07 Å². The first-order chi connectivity index (χ1) is 7.86. The highest BCUT2D eigenvalue weighted by Gasteiger charge is 2.15. The maximum absolute atomic E-state index is 8.88. The number of ether oxygens (including phenoxy) is 2. The van der Waals surface area contributed by atoms with Crippen LogP contribution in [0.3, 0.4) is 0 Å². The minimum absolute atomic E-state index is 0.0696. The summed E-state index contributed by atoms with van der Waals surface area (Å²) in [5.41, 5.74) is 0. The molecule has 1 aliphatic heterocycles. The van der Waals surface area contributed by atoms with E-state index in [9.17, 15) is 0 Å². The predicted octanol–water partition coefficient (Wildman–Crippen LogP) is 1.32. The van der Waals surface area contributed by atoms with E-state index in [0.29, 0.717) is 12.5 Å². The molecule has 0 saturated carbocycles. The molecule has 4 heteroatoms. The van der Waals surface area contributed by atoms with Crippen molar-refractivity contribution in [2.45, 2.75) is 32.2 Å². The smallest absolute Gasteiger partial charge is 0.0975 e. The van der Waals surface area contributed by atoms with E-state index in [2.05, 4.69) is 18.3 Å². The zero-order valence-corrected chi connectivity index (χ0v) is 10.1. The molecule has 1 N–H and O–H groups in total. The highest BCUT2D eigenvalue weighted by atomic mass is 16.5. The van der Waals surface area contributed by atoms with E-state index >= 15 is 0 Å². The quantitative estimate of drug-likeness (QED) is 0.634. The lowest BCUT2D eigenvalue weighted by Gasteiger charge is -2.12. The molecule has 0 bridgehead atoms. The number of nitrogens with one attached hydrogen (secondary N) is 1. The average molecular weight is 226 g/mol. The van der Waals surface area contributed by atoms with E-state index in [-0.39, 0.29) is 6.04 Å². The van der Waals surface area contributed by atoms with Crippen LogP contribution >= 0.6 is 0 Å². The fourth-order valence-electron chi connectivity index (χ4n) is 1.70. The molecular weight excluding hydrogens is 204 g/mol. The molecule has 0 aromatic heterocycles. The Morgan fingerprint density at radius 2 is 2.50 bits per heavy atom. The maximum atomic E-state index is 8.88. The molecule has 0 aliphatic carbocycles. The molecule has 2 unspecified atom stereocenters. The molecule has 16 heavy (non-hydrogen) atoms. The first-order valence-corrected chi connectivity index (χ1v) is 6.15. The Hall–Kier alpha value is -0.630. The van der Waals surface area contributed by atoms with Gasteiger partial charge in [-0.2, -0.15) is 5.26 Å². The highest BCUT2D eigenvalue weighted by Crippen LogP contribution is 2.12. The third-order valence-electron chi connectivity index (χ3n) is 2.72. The highest BCUT2D eigenvalue weighted by molar-refractivity contribution is 4.89. The zero-order chi connectivity index (χ0) is 11.6. The second-order valence-corrected chi connectivity index (χ2v) is 4.23. The average Bonchev–Trinajstić information content (AvgIpc) is 2.81. The Morgan fingerprint density at radius 1 is 1.62 bits per heavy atom. The van der Waals surface area contributed by atoms with Crippen LogP contribution < -0.4 is 5.32 Å². The molecule has 1 saturated heterocycles. The molecule has 1 heterocycles. The summed E-state index contributed by atoms with van der Waals surface area (Å²) >= 11 is 0. The molecule has 0 aromatic carbocycles. The van der Waals surface area contributed by atoms with Crippen LogP contribution in [0.1, 0.15) is 26.2 Å². The van der Waals surface area contributed by atoms with Crippen molar-refractivity contribution in [3.63, 3.8) is 0 Å². The molecule has 0 amide bonds. The third-order valence-corrected chi connectivity index (χ3v) is 2.72. The van der Waals surface area contributed by atoms with Gasteiger partial charge in [0.1, 0.15) is 0 Å². The lowest BCUT2D eigenvalue weighted by atomic mass is 10.1. The van der Waals surface area contributed by atoms with E-state index < -0.39 is 0 Å². The van der Waals surface area contributed by atoms with Gasteiger partial charge in [0.2, 0.25) is 0 Å². The monoisotopic (exact) mass is 226 g/mol. The van der Waals surface area contributed by atoms with Crippen LogP contribution in [-0.4, -0.2) is 39.0 Å². The molecule has 0 spiro atoms. The predicted molar refractivity (Wildman–Crippen MR) is 62.1 cm³/mol. The zero-order valence-electron chi connectivity index (χ0n) is 10.1. The van der Waals surface area contributed by atoms with Crippen molar-refractivity contribution in [3.05, 3.63) is 0 Å². The molecule has 4 nitrogen and oxygen atoms in total. The first-order valence-electron chi connectivity index (χ1n) is 6.15. The van der Waals surface area contributed by atoms with Crippen LogP contribution in [0.25, 0.3) is 0 Å². The number of nitrogens with zero attached hydrogens (tertiary/aromatic N) is 1. The van der Waals surface area contributed by atoms with Crippen LogP contribution in [0.15, 0.2) is 0 Å². The number of hydrogen-bond donors (Lipinski definition) is 1. The Morgan fingerprint density at radius 3 is 3.12 bits per heavy atom. The Bertz CT molecular complexity index is 210. The number of rotatable bonds is 8. The summed E-state index contributed by atoms with van der Waals surface area (Å²) in [4.78, 5) is 0. The van der Waals surface area contributed by atoms with Crippen LogP contribution in [0.2, 0.25) is 0 Å². The van der Waals surface area contributed by atoms with Gasteiger partial charge in [-0.15, -0.1) is 0 Å². The lowest BCUT2D eigenvalue weighted by Crippen LogP contribution is -2.29. The van der Waals surface area contributed by atoms with Gasteiger partial charge in [-0.05, 0) is 25.8 Å². The minimum Gasteiger partial charge on any atom is -0.381 e. The fourth-order valence-corrected chi connectivity index (χ4v) is 1.70. The van der Waals surface area contributed by atoms with Crippen molar-refractivity contribution in [1.82, 2.24) is 5.32 Å².